The van der Waals surface area contributed by atoms with Crippen LogP contribution in [0.1, 0.15) is 21.5 Å². The van der Waals surface area contributed by atoms with Crippen molar-refractivity contribution in [1.29, 1.82) is 0 Å². The van der Waals surface area contributed by atoms with Crippen LogP contribution < -0.4 is 0 Å². The second kappa shape index (κ2) is 4.83. The first-order chi connectivity index (χ1) is 9.15. The summed E-state index contributed by atoms with van der Waals surface area (Å²) in [7, 11) is 0. The molecule has 2 heterocycles. The minimum atomic E-state index is -0.120. The van der Waals surface area contributed by atoms with Crippen LogP contribution in [0.15, 0.2) is 36.4 Å². The first-order valence-electron chi connectivity index (χ1n) is 5.83. The molecule has 1 aliphatic heterocycles. The molecule has 3 nitrogen and oxygen atoms in total. The van der Waals surface area contributed by atoms with Crippen molar-refractivity contribution in [2.24, 2.45) is 0 Å². The maximum absolute atomic E-state index is 12.4. The van der Waals surface area contributed by atoms with E-state index < -0.39 is 0 Å². The van der Waals surface area contributed by atoms with E-state index in [1.54, 1.807) is 17.0 Å². The van der Waals surface area contributed by atoms with Crippen LogP contribution in [0, 0.1) is 0 Å². The van der Waals surface area contributed by atoms with Gasteiger partial charge in [0.1, 0.15) is 10.3 Å². The fraction of sp³-hybridized carbons (Fsp3) is 0.143. The summed E-state index contributed by atoms with van der Waals surface area (Å²) in [5, 5.41) is 0.430. The van der Waals surface area contributed by atoms with Crippen molar-refractivity contribution in [3.05, 3.63) is 63.4 Å². The molecule has 0 N–H and O–H groups in total. The summed E-state index contributed by atoms with van der Waals surface area (Å²) in [6.45, 7) is 1.21. The van der Waals surface area contributed by atoms with E-state index in [2.05, 4.69) is 4.98 Å². The van der Waals surface area contributed by atoms with Gasteiger partial charge in [0.05, 0.1) is 5.56 Å². The standard InChI is InChI=1S/C14H10Cl2N2O/c15-12-6-5-11(13(16)17-12)14(19)18-7-9-3-1-2-4-10(9)8-18/h1-6H,7-8H2. The van der Waals surface area contributed by atoms with Crippen LogP contribution in [0.2, 0.25) is 10.3 Å². The molecule has 1 aliphatic rings. The van der Waals surface area contributed by atoms with Crippen molar-refractivity contribution in [2.75, 3.05) is 0 Å². The lowest BCUT2D eigenvalue weighted by Crippen LogP contribution is -2.25. The van der Waals surface area contributed by atoms with Crippen molar-refractivity contribution in [3.63, 3.8) is 0 Å². The topological polar surface area (TPSA) is 33.2 Å². The number of benzene rings is 1. The van der Waals surface area contributed by atoms with E-state index in [-0.39, 0.29) is 16.2 Å². The monoisotopic (exact) mass is 292 g/mol. The van der Waals surface area contributed by atoms with Crippen LogP contribution in [0.4, 0.5) is 0 Å². The number of hydrogen-bond acceptors (Lipinski definition) is 2. The summed E-state index contributed by atoms with van der Waals surface area (Å²) in [6, 6.07) is 11.2. The molecular formula is C14H10Cl2N2O. The quantitative estimate of drug-likeness (QED) is 0.753. The van der Waals surface area contributed by atoms with Crippen molar-refractivity contribution in [2.45, 2.75) is 13.1 Å². The van der Waals surface area contributed by atoms with Gasteiger partial charge < -0.3 is 4.90 Å². The predicted molar refractivity (Wildman–Crippen MR) is 74.3 cm³/mol. The molecule has 5 heteroatoms. The Labute approximate surface area is 120 Å². The average Bonchev–Trinajstić information content (AvgIpc) is 2.81. The first kappa shape index (κ1) is 12.5. The number of amides is 1. The number of carbonyl (C=O) groups excluding carboxylic acids is 1. The molecule has 0 saturated carbocycles. The Bertz CT molecular complexity index is 633. The van der Waals surface area contributed by atoms with Crippen molar-refractivity contribution >= 4 is 29.1 Å². The molecule has 0 aliphatic carbocycles. The summed E-state index contributed by atoms with van der Waals surface area (Å²) >= 11 is 11.7. The smallest absolute Gasteiger partial charge is 0.257 e. The SMILES string of the molecule is O=C(c1ccc(Cl)nc1Cl)N1Cc2ccccc2C1. The molecule has 0 fully saturated rings. The van der Waals surface area contributed by atoms with Crippen LogP contribution >= 0.6 is 23.2 Å². The average molecular weight is 293 g/mol. The molecular weight excluding hydrogens is 283 g/mol. The van der Waals surface area contributed by atoms with Gasteiger partial charge in [-0.05, 0) is 23.3 Å². The van der Waals surface area contributed by atoms with Gasteiger partial charge >= 0.3 is 0 Å². The first-order valence-corrected chi connectivity index (χ1v) is 6.59. The van der Waals surface area contributed by atoms with Gasteiger partial charge in [-0.3, -0.25) is 4.79 Å². The maximum atomic E-state index is 12.4. The van der Waals surface area contributed by atoms with Gasteiger partial charge in [0, 0.05) is 13.1 Å². The minimum absolute atomic E-state index is 0.120. The molecule has 96 valence electrons. The Kier molecular flexibility index (Phi) is 3.17. The highest BCUT2D eigenvalue weighted by Crippen LogP contribution is 2.26. The highest BCUT2D eigenvalue weighted by Gasteiger charge is 2.25. The Morgan fingerprint density at radius 1 is 1.05 bits per heavy atom. The highest BCUT2D eigenvalue weighted by molar-refractivity contribution is 6.34. The number of pyridine rings is 1. The van der Waals surface area contributed by atoms with Gasteiger partial charge in [0.2, 0.25) is 0 Å². The van der Waals surface area contributed by atoms with E-state index in [1.165, 1.54) is 11.1 Å². The van der Waals surface area contributed by atoms with E-state index in [0.717, 1.165) is 0 Å². The third-order valence-electron chi connectivity index (χ3n) is 3.17. The number of nitrogens with zero attached hydrogens (tertiary/aromatic N) is 2. The second-order valence-electron chi connectivity index (χ2n) is 4.40. The van der Waals surface area contributed by atoms with Crippen LogP contribution in [-0.4, -0.2) is 15.8 Å². The zero-order valence-electron chi connectivity index (χ0n) is 9.94. The van der Waals surface area contributed by atoms with Crippen LogP contribution in [-0.2, 0) is 13.1 Å². The Hall–Kier alpha value is -1.58. The number of fused-ring (bicyclic) bond motifs is 1. The number of carbonyl (C=O) groups is 1. The fourth-order valence-electron chi connectivity index (χ4n) is 2.22. The number of aromatic nitrogens is 1. The Morgan fingerprint density at radius 3 is 2.26 bits per heavy atom. The summed E-state index contributed by atoms with van der Waals surface area (Å²) in [5.74, 6) is -0.120. The van der Waals surface area contributed by atoms with Gasteiger partial charge in [-0.25, -0.2) is 4.98 Å². The minimum Gasteiger partial charge on any atom is -0.330 e. The molecule has 0 radical (unpaired) electrons. The summed E-state index contributed by atoms with van der Waals surface area (Å²) in [5.41, 5.74) is 2.74. The van der Waals surface area contributed by atoms with Gasteiger partial charge in [0.15, 0.2) is 0 Å². The maximum Gasteiger partial charge on any atom is 0.257 e. The van der Waals surface area contributed by atoms with E-state index in [0.29, 0.717) is 18.7 Å². The normalized spacial score (nSPS) is 13.5. The van der Waals surface area contributed by atoms with Crippen LogP contribution in [0.3, 0.4) is 0 Å². The van der Waals surface area contributed by atoms with Gasteiger partial charge in [-0.2, -0.15) is 0 Å². The molecule has 1 amide bonds. The van der Waals surface area contributed by atoms with Crippen LogP contribution in [0.5, 0.6) is 0 Å². The highest BCUT2D eigenvalue weighted by atomic mass is 35.5. The predicted octanol–water partition coefficient (Wildman–Crippen LogP) is 3.54. The molecule has 1 aromatic carbocycles. The molecule has 0 unspecified atom stereocenters. The molecule has 2 aromatic rings. The van der Waals surface area contributed by atoms with E-state index >= 15 is 0 Å². The molecule has 0 bridgehead atoms. The van der Waals surface area contributed by atoms with E-state index in [9.17, 15) is 4.79 Å². The van der Waals surface area contributed by atoms with Gasteiger partial charge in [-0.15, -0.1) is 0 Å². The van der Waals surface area contributed by atoms with E-state index in [4.69, 9.17) is 23.2 Å². The molecule has 0 saturated heterocycles. The lowest BCUT2D eigenvalue weighted by atomic mass is 10.1. The molecule has 0 atom stereocenters. The lowest BCUT2D eigenvalue weighted by Gasteiger charge is -2.15. The number of halogens is 2. The molecule has 1 aromatic heterocycles. The summed E-state index contributed by atoms with van der Waals surface area (Å²) in [4.78, 5) is 18.1. The summed E-state index contributed by atoms with van der Waals surface area (Å²) < 4.78 is 0. The van der Waals surface area contributed by atoms with Crippen LogP contribution in [0.25, 0.3) is 0 Å². The van der Waals surface area contributed by atoms with Crippen molar-refractivity contribution in [1.82, 2.24) is 9.88 Å². The Morgan fingerprint density at radius 2 is 1.68 bits per heavy atom. The van der Waals surface area contributed by atoms with E-state index in [1.807, 2.05) is 24.3 Å². The third kappa shape index (κ3) is 2.31. The van der Waals surface area contributed by atoms with Gasteiger partial charge in [-0.1, -0.05) is 47.5 Å². The zero-order valence-corrected chi connectivity index (χ0v) is 11.4. The van der Waals surface area contributed by atoms with Crippen molar-refractivity contribution < 1.29 is 4.79 Å². The lowest BCUT2D eigenvalue weighted by molar-refractivity contribution is 0.0751. The van der Waals surface area contributed by atoms with Gasteiger partial charge in [0.25, 0.3) is 5.91 Å². The molecule has 3 rings (SSSR count). The summed E-state index contributed by atoms with van der Waals surface area (Å²) in [6.07, 6.45) is 0. The largest absolute Gasteiger partial charge is 0.330 e. The molecule has 0 spiro atoms. The zero-order chi connectivity index (χ0) is 13.4. The fourth-order valence-corrected chi connectivity index (χ4v) is 2.64. The molecule has 19 heavy (non-hydrogen) atoms. The third-order valence-corrected chi connectivity index (χ3v) is 3.67. The number of hydrogen-bond donors (Lipinski definition) is 0. The Balaban J connectivity index is 1.87. The van der Waals surface area contributed by atoms with Crippen molar-refractivity contribution in [3.8, 4) is 0 Å². The second-order valence-corrected chi connectivity index (χ2v) is 5.15. The number of rotatable bonds is 1.